The van der Waals surface area contributed by atoms with E-state index in [1.807, 2.05) is 67.3 Å². The smallest absolute Gasteiger partial charge is 0.127 e. The van der Waals surface area contributed by atoms with Crippen LogP contribution in [-0.2, 0) is 10.7 Å². The Kier molecular flexibility index (Phi) is 5.72. The van der Waals surface area contributed by atoms with Crippen molar-refractivity contribution in [2.45, 2.75) is 13.1 Å². The van der Waals surface area contributed by atoms with Gasteiger partial charge in [-0.1, -0.05) is 48.0 Å². The van der Waals surface area contributed by atoms with Gasteiger partial charge < -0.3 is 14.0 Å². The van der Waals surface area contributed by atoms with Crippen LogP contribution in [0.1, 0.15) is 11.1 Å². The second kappa shape index (κ2) is 8.02. The maximum Gasteiger partial charge on any atom is 0.127 e. The summed E-state index contributed by atoms with van der Waals surface area (Å²) in [5, 5.41) is 0.954. The average Bonchev–Trinajstić information content (AvgIpc) is 2.67. The first-order chi connectivity index (χ1) is 12.9. The van der Waals surface area contributed by atoms with Gasteiger partial charge in [-0.25, -0.2) is 0 Å². The van der Waals surface area contributed by atoms with E-state index in [0.29, 0.717) is 6.16 Å². The third-order valence-electron chi connectivity index (χ3n) is 4.75. The average molecular weight is 380 g/mol. The van der Waals surface area contributed by atoms with E-state index in [4.69, 9.17) is 9.47 Å². The molecule has 0 aromatic heterocycles. The van der Waals surface area contributed by atoms with E-state index < -0.39 is 7.14 Å². The van der Waals surface area contributed by atoms with Gasteiger partial charge in [0.25, 0.3) is 0 Å². The van der Waals surface area contributed by atoms with E-state index in [-0.39, 0.29) is 0 Å². The number of aryl methyl sites for hydroxylation is 1. The van der Waals surface area contributed by atoms with Crippen LogP contribution in [0.4, 0.5) is 0 Å². The summed E-state index contributed by atoms with van der Waals surface area (Å²) < 4.78 is 22.9. The Morgan fingerprint density at radius 1 is 0.852 bits per heavy atom. The van der Waals surface area contributed by atoms with Gasteiger partial charge in [0, 0.05) is 17.0 Å². The Bertz CT molecular complexity index is 963. The van der Waals surface area contributed by atoms with Gasteiger partial charge in [-0.15, -0.1) is 0 Å². The summed E-state index contributed by atoms with van der Waals surface area (Å²) in [5.41, 5.74) is 4.86. The van der Waals surface area contributed by atoms with Gasteiger partial charge in [-0.2, -0.15) is 0 Å². The number of ether oxygens (including phenoxy) is 2. The van der Waals surface area contributed by atoms with Crippen LogP contribution in [-0.4, -0.2) is 20.9 Å². The number of fused-ring (bicyclic) bond motifs is 1. The van der Waals surface area contributed by atoms with Crippen LogP contribution in [0, 0.1) is 6.92 Å². The highest BCUT2D eigenvalue weighted by Gasteiger charge is 2.28. The number of rotatable bonds is 5. The van der Waals surface area contributed by atoms with Crippen LogP contribution < -0.4 is 14.8 Å². The highest BCUT2D eigenvalue weighted by molar-refractivity contribution is 7.70. The van der Waals surface area contributed by atoms with Crippen LogP contribution in [0.15, 0.2) is 66.7 Å². The predicted octanol–water partition coefficient (Wildman–Crippen LogP) is 5.50. The molecule has 0 N–H and O–H groups in total. The van der Waals surface area contributed by atoms with Gasteiger partial charge >= 0.3 is 0 Å². The highest BCUT2D eigenvalue weighted by Crippen LogP contribution is 2.53. The minimum Gasteiger partial charge on any atom is -0.497 e. The molecule has 1 unspecified atom stereocenters. The molecule has 1 atom stereocenters. The largest absolute Gasteiger partial charge is 0.497 e. The second-order valence-corrected chi connectivity index (χ2v) is 9.86. The summed E-state index contributed by atoms with van der Waals surface area (Å²) in [5.74, 6) is 1.86. The maximum atomic E-state index is 12.7. The summed E-state index contributed by atoms with van der Waals surface area (Å²) in [7, 11) is 1.05. The Hall–Kier alpha value is -2.51. The molecule has 140 valence electrons. The molecule has 0 amide bonds. The maximum absolute atomic E-state index is 12.7. The van der Waals surface area contributed by atoms with Crippen molar-refractivity contribution in [3.8, 4) is 22.6 Å². The molecule has 0 fully saturated rings. The molecule has 0 saturated carbocycles. The first kappa shape index (κ1) is 19.3. The second-order valence-electron chi connectivity index (χ2n) is 6.82. The monoisotopic (exact) mass is 380 g/mol. The molecule has 2 aliphatic carbocycles. The summed E-state index contributed by atoms with van der Waals surface area (Å²) in [4.78, 5) is 0. The minimum absolute atomic E-state index is 0.642. The van der Waals surface area contributed by atoms with E-state index in [0.717, 1.165) is 16.8 Å². The van der Waals surface area contributed by atoms with Gasteiger partial charge in [0.15, 0.2) is 0 Å². The summed E-state index contributed by atoms with van der Waals surface area (Å²) in [6, 6.07) is 21.8. The van der Waals surface area contributed by atoms with Gasteiger partial charge in [0.1, 0.15) is 18.6 Å². The summed E-state index contributed by atoms with van der Waals surface area (Å²) in [6.45, 7) is 3.92. The van der Waals surface area contributed by atoms with E-state index in [1.165, 1.54) is 22.3 Å². The number of methoxy groups -OCH3 is 2. The highest BCUT2D eigenvalue weighted by atomic mass is 31.2. The first-order valence-corrected chi connectivity index (χ1v) is 11.2. The third kappa shape index (κ3) is 4.26. The molecular weight excluding hydrogens is 355 g/mol. The summed E-state index contributed by atoms with van der Waals surface area (Å²) >= 11 is 0. The molecule has 0 bridgehead atoms. The van der Waals surface area contributed by atoms with Crippen LogP contribution in [0.2, 0.25) is 0 Å². The standard InChI is InChI=1S/C15H15O2P.C8H10O/c1-17-15-9-13-11(8-14(13)15)10-18(2,16)12-6-4-3-5-7-12;1-7-3-5-8(9-2)6-4-7/h3-9H,10H2,1-2H3;3-6H,1-2H3. The van der Waals surface area contributed by atoms with Crippen LogP contribution in [0.25, 0.3) is 11.1 Å². The Morgan fingerprint density at radius 2 is 1.52 bits per heavy atom. The number of benzene rings is 3. The van der Waals surface area contributed by atoms with E-state index >= 15 is 0 Å². The molecule has 0 spiro atoms. The van der Waals surface area contributed by atoms with Crippen molar-refractivity contribution < 1.29 is 14.0 Å². The van der Waals surface area contributed by atoms with E-state index in [9.17, 15) is 4.57 Å². The zero-order valence-electron chi connectivity index (χ0n) is 16.2. The lowest BCUT2D eigenvalue weighted by Gasteiger charge is -2.27. The lowest BCUT2D eigenvalue weighted by molar-refractivity contribution is 0.412. The molecule has 2 aromatic carbocycles. The Morgan fingerprint density at radius 3 is 2.04 bits per heavy atom. The van der Waals surface area contributed by atoms with Crippen LogP contribution >= 0.6 is 7.14 Å². The lowest BCUT2D eigenvalue weighted by Crippen LogP contribution is -2.09. The van der Waals surface area contributed by atoms with Gasteiger partial charge in [-0.3, -0.25) is 0 Å². The zero-order chi connectivity index (χ0) is 19.4. The molecule has 0 heterocycles. The van der Waals surface area contributed by atoms with Crippen molar-refractivity contribution in [1.82, 2.24) is 0 Å². The Labute approximate surface area is 161 Å². The molecule has 0 radical (unpaired) electrons. The van der Waals surface area contributed by atoms with Crippen molar-refractivity contribution in [2.75, 3.05) is 20.9 Å². The quantitative estimate of drug-likeness (QED) is 0.429. The van der Waals surface area contributed by atoms with E-state index in [2.05, 4.69) is 13.0 Å². The first-order valence-electron chi connectivity index (χ1n) is 8.88. The normalized spacial score (nSPS) is 13.0. The molecular formula is C23H25O3P. The van der Waals surface area contributed by atoms with Crippen molar-refractivity contribution in [3.63, 3.8) is 0 Å². The van der Waals surface area contributed by atoms with Gasteiger partial charge in [0.05, 0.1) is 14.2 Å². The van der Waals surface area contributed by atoms with E-state index in [1.54, 1.807) is 14.2 Å². The van der Waals surface area contributed by atoms with Crippen molar-refractivity contribution in [2.24, 2.45) is 0 Å². The third-order valence-corrected chi connectivity index (χ3v) is 7.08. The molecule has 27 heavy (non-hydrogen) atoms. The Balaban J connectivity index is 0.000000197. The zero-order valence-corrected chi connectivity index (χ0v) is 17.1. The number of hydrogen-bond donors (Lipinski definition) is 0. The molecule has 4 heteroatoms. The molecule has 4 rings (SSSR count). The number of hydrogen-bond acceptors (Lipinski definition) is 3. The van der Waals surface area contributed by atoms with Crippen LogP contribution in [0.3, 0.4) is 0 Å². The molecule has 0 aliphatic heterocycles. The molecule has 3 nitrogen and oxygen atoms in total. The van der Waals surface area contributed by atoms with Crippen LogP contribution in [0.5, 0.6) is 11.5 Å². The molecule has 2 aromatic rings. The SMILES string of the molecule is COc1cc2c(CP(C)(=O)c3ccccc3)cc1-2.COc1ccc(C)cc1. The fourth-order valence-corrected chi connectivity index (χ4v) is 4.96. The van der Waals surface area contributed by atoms with Crippen molar-refractivity contribution in [3.05, 3.63) is 77.9 Å². The fourth-order valence-electron chi connectivity index (χ4n) is 3.06. The van der Waals surface area contributed by atoms with Gasteiger partial charge in [-0.05, 0) is 49.0 Å². The fraction of sp³-hybridized carbons (Fsp3) is 0.217. The lowest BCUT2D eigenvalue weighted by atomic mass is 9.86. The van der Waals surface area contributed by atoms with Crippen molar-refractivity contribution >= 4 is 12.4 Å². The summed E-state index contributed by atoms with van der Waals surface area (Å²) in [6.07, 6.45) is 0.642. The molecule has 0 saturated heterocycles. The molecule has 2 aliphatic rings. The minimum atomic E-state index is -2.30. The van der Waals surface area contributed by atoms with Crippen molar-refractivity contribution in [1.29, 1.82) is 0 Å². The topological polar surface area (TPSA) is 35.5 Å². The van der Waals surface area contributed by atoms with Gasteiger partial charge in [0.2, 0.25) is 0 Å². The predicted molar refractivity (Wildman–Crippen MR) is 113 cm³/mol.